The molecule has 5 heteroatoms. The van der Waals surface area contributed by atoms with Crippen molar-refractivity contribution in [2.24, 2.45) is 5.92 Å². The molecule has 1 saturated carbocycles. The number of nitrogens with one attached hydrogen (secondary N) is 1. The van der Waals surface area contributed by atoms with Gasteiger partial charge in [0, 0.05) is 19.2 Å². The molecule has 1 N–H and O–H groups in total. The number of benzene rings is 1. The predicted molar refractivity (Wildman–Crippen MR) is 70.8 cm³/mol. The highest BCUT2D eigenvalue weighted by molar-refractivity contribution is 5.27. The molecule has 2 unspecified atom stereocenters. The van der Waals surface area contributed by atoms with Crippen LogP contribution >= 0.6 is 0 Å². The molecule has 1 aliphatic carbocycles. The smallest absolute Gasteiger partial charge is 0.387 e. The number of rotatable bonds is 6. The first-order chi connectivity index (χ1) is 9.72. The van der Waals surface area contributed by atoms with Crippen molar-refractivity contribution in [3.63, 3.8) is 0 Å². The Morgan fingerprint density at radius 3 is 2.60 bits per heavy atom. The van der Waals surface area contributed by atoms with Crippen LogP contribution in [-0.4, -0.2) is 25.4 Å². The summed E-state index contributed by atoms with van der Waals surface area (Å²) in [6, 6.07) is 7.19. The van der Waals surface area contributed by atoms with E-state index in [1.165, 1.54) is 12.8 Å². The molecule has 20 heavy (non-hydrogen) atoms. The zero-order valence-corrected chi connectivity index (χ0v) is 11.2. The molecule has 0 radical (unpaired) electrons. The van der Waals surface area contributed by atoms with Crippen LogP contribution in [0.4, 0.5) is 8.78 Å². The number of alkyl halides is 2. The summed E-state index contributed by atoms with van der Waals surface area (Å²) in [6.07, 6.45) is 3.97. The van der Waals surface area contributed by atoms with Gasteiger partial charge in [0.1, 0.15) is 5.75 Å². The molecule has 1 aromatic carbocycles. The van der Waals surface area contributed by atoms with E-state index in [0.29, 0.717) is 12.1 Å². The van der Waals surface area contributed by atoms with Crippen LogP contribution in [0.1, 0.15) is 24.8 Å². The lowest BCUT2D eigenvalue weighted by Crippen LogP contribution is -2.37. The Morgan fingerprint density at radius 2 is 1.95 bits per heavy atom. The van der Waals surface area contributed by atoms with Crippen LogP contribution in [0.5, 0.6) is 5.75 Å². The minimum absolute atomic E-state index is 0.198. The maximum atomic E-state index is 12.0. The van der Waals surface area contributed by atoms with Gasteiger partial charge in [-0.3, -0.25) is 0 Å². The number of hydrogen-bond acceptors (Lipinski definition) is 3. The van der Waals surface area contributed by atoms with E-state index in [2.05, 4.69) is 10.1 Å². The van der Waals surface area contributed by atoms with Crippen molar-refractivity contribution in [2.45, 2.75) is 44.6 Å². The van der Waals surface area contributed by atoms with Gasteiger partial charge in [0.15, 0.2) is 0 Å². The van der Waals surface area contributed by atoms with Crippen molar-refractivity contribution in [3.8, 4) is 5.75 Å². The van der Waals surface area contributed by atoms with E-state index >= 15 is 0 Å². The first-order valence-electron chi connectivity index (χ1n) is 7.11. The lowest BCUT2D eigenvalue weighted by Gasteiger charge is -2.19. The lowest BCUT2D eigenvalue weighted by molar-refractivity contribution is -0.0498. The Morgan fingerprint density at radius 1 is 1.20 bits per heavy atom. The second kappa shape index (κ2) is 6.06. The molecule has 1 heterocycles. The van der Waals surface area contributed by atoms with Gasteiger partial charge in [0.05, 0.1) is 6.10 Å². The molecule has 3 rings (SSSR count). The van der Waals surface area contributed by atoms with Crippen LogP contribution in [0.25, 0.3) is 0 Å². The van der Waals surface area contributed by atoms with E-state index in [4.69, 9.17) is 4.74 Å². The molecular weight excluding hydrogens is 264 g/mol. The maximum Gasteiger partial charge on any atom is 0.387 e. The lowest BCUT2D eigenvalue weighted by atomic mass is 10.1. The Labute approximate surface area is 117 Å². The minimum Gasteiger partial charge on any atom is -0.435 e. The summed E-state index contributed by atoms with van der Waals surface area (Å²) < 4.78 is 34.2. The van der Waals surface area contributed by atoms with E-state index in [0.717, 1.165) is 31.1 Å². The summed E-state index contributed by atoms with van der Waals surface area (Å²) in [5.41, 5.74) is 1.06. The van der Waals surface area contributed by atoms with Crippen molar-refractivity contribution in [2.75, 3.05) is 6.61 Å². The Hall–Kier alpha value is -1.20. The van der Waals surface area contributed by atoms with Gasteiger partial charge in [-0.1, -0.05) is 12.1 Å². The van der Waals surface area contributed by atoms with Gasteiger partial charge in [-0.05, 0) is 42.9 Å². The molecule has 1 aromatic rings. The molecule has 2 aliphatic rings. The molecule has 0 bridgehead atoms. The van der Waals surface area contributed by atoms with Crippen LogP contribution in [0.2, 0.25) is 0 Å². The molecule has 0 spiro atoms. The van der Waals surface area contributed by atoms with Crippen molar-refractivity contribution < 1.29 is 18.3 Å². The summed E-state index contributed by atoms with van der Waals surface area (Å²) in [4.78, 5) is 0. The van der Waals surface area contributed by atoms with E-state index in [-0.39, 0.29) is 5.75 Å². The monoisotopic (exact) mass is 283 g/mol. The molecule has 0 amide bonds. The average Bonchev–Trinajstić information content (AvgIpc) is 3.16. The Bertz CT molecular complexity index is 434. The van der Waals surface area contributed by atoms with E-state index in [1.807, 2.05) is 12.1 Å². The quantitative estimate of drug-likeness (QED) is 0.870. The van der Waals surface area contributed by atoms with Gasteiger partial charge < -0.3 is 14.8 Å². The zero-order chi connectivity index (χ0) is 13.9. The van der Waals surface area contributed by atoms with E-state index in [9.17, 15) is 8.78 Å². The average molecular weight is 283 g/mol. The Kier molecular flexibility index (Phi) is 4.17. The van der Waals surface area contributed by atoms with Gasteiger partial charge in [-0.25, -0.2) is 0 Å². The summed E-state index contributed by atoms with van der Waals surface area (Å²) in [7, 11) is 0. The molecule has 2 atom stereocenters. The predicted octanol–water partition coefficient (Wildman–Crippen LogP) is 2.95. The molecular formula is C15H19F2NO2. The molecule has 2 fully saturated rings. The first-order valence-corrected chi connectivity index (χ1v) is 7.11. The van der Waals surface area contributed by atoms with Crippen LogP contribution < -0.4 is 10.1 Å². The van der Waals surface area contributed by atoms with Gasteiger partial charge in [0.2, 0.25) is 0 Å². The standard InChI is InChI=1S/C15H19F2NO2/c16-15(17)20-12-5-1-10(2-6-12)9-18-13-7-8-19-14(13)11-3-4-11/h1-2,5-6,11,13-15,18H,3-4,7-9H2. The van der Waals surface area contributed by atoms with Gasteiger partial charge in [0.25, 0.3) is 0 Å². The molecule has 3 nitrogen and oxygen atoms in total. The minimum atomic E-state index is -2.77. The highest BCUT2D eigenvalue weighted by Crippen LogP contribution is 2.38. The third-order valence-corrected chi connectivity index (χ3v) is 3.94. The van der Waals surface area contributed by atoms with E-state index < -0.39 is 6.61 Å². The third-order valence-electron chi connectivity index (χ3n) is 3.94. The van der Waals surface area contributed by atoms with Crippen LogP contribution in [0.3, 0.4) is 0 Å². The van der Waals surface area contributed by atoms with Crippen molar-refractivity contribution >= 4 is 0 Å². The van der Waals surface area contributed by atoms with Gasteiger partial charge >= 0.3 is 6.61 Å². The van der Waals surface area contributed by atoms with Crippen molar-refractivity contribution in [1.29, 1.82) is 0 Å². The van der Waals surface area contributed by atoms with Crippen LogP contribution in [0, 0.1) is 5.92 Å². The van der Waals surface area contributed by atoms with Crippen molar-refractivity contribution in [3.05, 3.63) is 29.8 Å². The second-order valence-electron chi connectivity index (χ2n) is 5.47. The Balaban J connectivity index is 1.50. The highest BCUT2D eigenvalue weighted by Gasteiger charge is 2.40. The molecule has 1 saturated heterocycles. The molecule has 1 aliphatic heterocycles. The van der Waals surface area contributed by atoms with Gasteiger partial charge in [-0.15, -0.1) is 0 Å². The number of halogens is 2. The van der Waals surface area contributed by atoms with Crippen LogP contribution in [0.15, 0.2) is 24.3 Å². The fraction of sp³-hybridized carbons (Fsp3) is 0.600. The van der Waals surface area contributed by atoms with Crippen molar-refractivity contribution in [1.82, 2.24) is 5.32 Å². The topological polar surface area (TPSA) is 30.5 Å². The maximum absolute atomic E-state index is 12.0. The first kappa shape index (κ1) is 13.8. The summed E-state index contributed by atoms with van der Waals surface area (Å²) >= 11 is 0. The number of ether oxygens (including phenoxy) is 2. The highest BCUT2D eigenvalue weighted by atomic mass is 19.3. The second-order valence-corrected chi connectivity index (χ2v) is 5.47. The summed E-state index contributed by atoms with van der Waals surface area (Å²) in [5.74, 6) is 0.931. The summed E-state index contributed by atoms with van der Waals surface area (Å²) in [6.45, 7) is -1.21. The van der Waals surface area contributed by atoms with Gasteiger partial charge in [-0.2, -0.15) is 8.78 Å². The number of hydrogen-bond donors (Lipinski definition) is 1. The third kappa shape index (κ3) is 3.46. The fourth-order valence-corrected chi connectivity index (χ4v) is 2.76. The molecule has 0 aromatic heterocycles. The molecule has 110 valence electrons. The zero-order valence-electron chi connectivity index (χ0n) is 11.2. The normalized spacial score (nSPS) is 26.1. The summed E-state index contributed by atoms with van der Waals surface area (Å²) in [5, 5.41) is 3.52. The fourth-order valence-electron chi connectivity index (χ4n) is 2.76. The largest absolute Gasteiger partial charge is 0.435 e. The SMILES string of the molecule is FC(F)Oc1ccc(CNC2CCOC2C2CC2)cc1. The van der Waals surface area contributed by atoms with E-state index in [1.54, 1.807) is 12.1 Å². The van der Waals surface area contributed by atoms with Crippen LogP contribution in [-0.2, 0) is 11.3 Å².